The van der Waals surface area contributed by atoms with Gasteiger partial charge in [0, 0.05) is 6.04 Å². The molecule has 1 aliphatic carbocycles. The van der Waals surface area contributed by atoms with Gasteiger partial charge in [-0.25, -0.2) is 17.8 Å². The SMILES string of the molecule is Nc1nn(-c2ccccc2S(=O)(=O)NC2CC2)cc1Cl. The number of hydrogen-bond acceptors (Lipinski definition) is 4. The molecule has 0 unspecified atom stereocenters. The molecule has 3 N–H and O–H groups in total. The lowest BCUT2D eigenvalue weighted by Crippen LogP contribution is -2.26. The van der Waals surface area contributed by atoms with E-state index >= 15 is 0 Å². The van der Waals surface area contributed by atoms with Crippen LogP contribution in [-0.2, 0) is 10.0 Å². The fourth-order valence-electron chi connectivity index (χ4n) is 1.85. The highest BCUT2D eigenvalue weighted by Gasteiger charge is 2.29. The Morgan fingerprint density at radius 3 is 2.65 bits per heavy atom. The summed E-state index contributed by atoms with van der Waals surface area (Å²) in [5.41, 5.74) is 6.01. The maximum Gasteiger partial charge on any atom is 0.242 e. The first kappa shape index (κ1) is 13.4. The first-order valence-electron chi connectivity index (χ1n) is 6.10. The monoisotopic (exact) mass is 312 g/mol. The summed E-state index contributed by atoms with van der Waals surface area (Å²) in [6.07, 6.45) is 3.24. The van der Waals surface area contributed by atoms with Crippen LogP contribution in [0.2, 0.25) is 5.02 Å². The minimum Gasteiger partial charge on any atom is -0.381 e. The summed E-state index contributed by atoms with van der Waals surface area (Å²) in [5.74, 6) is 0.161. The predicted molar refractivity (Wildman–Crippen MR) is 76.3 cm³/mol. The van der Waals surface area contributed by atoms with Crippen molar-refractivity contribution in [3.8, 4) is 5.69 Å². The van der Waals surface area contributed by atoms with Crippen LogP contribution in [0.5, 0.6) is 0 Å². The zero-order chi connectivity index (χ0) is 14.3. The fraction of sp³-hybridized carbons (Fsp3) is 0.250. The Kier molecular flexibility index (Phi) is 3.19. The van der Waals surface area contributed by atoms with E-state index in [9.17, 15) is 8.42 Å². The molecule has 1 aliphatic rings. The van der Waals surface area contributed by atoms with Gasteiger partial charge >= 0.3 is 0 Å². The average molecular weight is 313 g/mol. The molecule has 6 nitrogen and oxygen atoms in total. The zero-order valence-corrected chi connectivity index (χ0v) is 12.0. The van der Waals surface area contributed by atoms with Gasteiger partial charge in [-0.3, -0.25) is 0 Å². The second-order valence-electron chi connectivity index (χ2n) is 4.67. The summed E-state index contributed by atoms with van der Waals surface area (Å²) in [4.78, 5) is 0.158. The molecular weight excluding hydrogens is 300 g/mol. The Balaban J connectivity index is 2.08. The summed E-state index contributed by atoms with van der Waals surface area (Å²) in [6.45, 7) is 0. The van der Waals surface area contributed by atoms with Crippen molar-refractivity contribution in [1.82, 2.24) is 14.5 Å². The van der Waals surface area contributed by atoms with E-state index in [4.69, 9.17) is 17.3 Å². The van der Waals surface area contributed by atoms with Gasteiger partial charge in [0.1, 0.15) is 9.92 Å². The van der Waals surface area contributed by atoms with Crippen molar-refractivity contribution < 1.29 is 8.42 Å². The molecule has 1 saturated carbocycles. The number of halogens is 1. The van der Waals surface area contributed by atoms with E-state index in [1.54, 1.807) is 18.2 Å². The lowest BCUT2D eigenvalue weighted by atomic mass is 10.3. The van der Waals surface area contributed by atoms with Crippen LogP contribution in [0.3, 0.4) is 0 Å². The Bertz CT molecular complexity index is 733. The van der Waals surface area contributed by atoms with Crippen molar-refractivity contribution in [2.24, 2.45) is 0 Å². The van der Waals surface area contributed by atoms with Crippen molar-refractivity contribution in [2.75, 3.05) is 5.73 Å². The molecular formula is C12H13ClN4O2S. The number of hydrogen-bond donors (Lipinski definition) is 2. The van der Waals surface area contributed by atoms with Crippen molar-refractivity contribution in [3.63, 3.8) is 0 Å². The maximum atomic E-state index is 12.4. The highest BCUT2D eigenvalue weighted by Crippen LogP contribution is 2.26. The van der Waals surface area contributed by atoms with Crippen LogP contribution in [0.1, 0.15) is 12.8 Å². The van der Waals surface area contributed by atoms with Crippen LogP contribution in [0.4, 0.5) is 5.82 Å². The van der Waals surface area contributed by atoms with Gasteiger partial charge in [-0.05, 0) is 25.0 Å². The van der Waals surface area contributed by atoms with Crippen molar-refractivity contribution in [2.45, 2.75) is 23.8 Å². The number of nitrogen functional groups attached to an aromatic ring is 1. The van der Waals surface area contributed by atoms with E-state index in [0.717, 1.165) is 12.8 Å². The van der Waals surface area contributed by atoms with E-state index in [2.05, 4.69) is 9.82 Å². The number of anilines is 1. The number of nitrogens with two attached hydrogens (primary N) is 1. The molecule has 1 fully saturated rings. The molecule has 0 spiro atoms. The third-order valence-electron chi connectivity index (χ3n) is 3.00. The van der Waals surface area contributed by atoms with E-state index in [-0.39, 0.29) is 21.8 Å². The minimum absolute atomic E-state index is 0.0411. The molecule has 0 aliphatic heterocycles. The zero-order valence-electron chi connectivity index (χ0n) is 10.5. The minimum atomic E-state index is -3.57. The normalized spacial score (nSPS) is 15.4. The average Bonchev–Trinajstić information content (AvgIpc) is 3.14. The van der Waals surface area contributed by atoms with Crippen LogP contribution < -0.4 is 10.5 Å². The molecule has 1 aromatic carbocycles. The van der Waals surface area contributed by atoms with Crippen molar-refractivity contribution >= 4 is 27.4 Å². The smallest absolute Gasteiger partial charge is 0.242 e. The van der Waals surface area contributed by atoms with E-state index in [1.807, 2.05) is 0 Å². The maximum absolute atomic E-state index is 12.4. The fourth-order valence-corrected chi connectivity index (χ4v) is 3.47. The second kappa shape index (κ2) is 4.76. The Labute approximate surface area is 121 Å². The van der Waals surface area contributed by atoms with Gasteiger partial charge in [-0.1, -0.05) is 23.7 Å². The highest BCUT2D eigenvalue weighted by molar-refractivity contribution is 7.89. The first-order valence-corrected chi connectivity index (χ1v) is 7.96. The molecule has 0 atom stereocenters. The third-order valence-corrected chi connectivity index (χ3v) is 4.86. The molecule has 8 heteroatoms. The number of nitrogens with one attached hydrogen (secondary N) is 1. The Hall–Kier alpha value is -1.57. The lowest BCUT2D eigenvalue weighted by Gasteiger charge is -2.10. The summed E-state index contributed by atoms with van der Waals surface area (Å²) >= 11 is 5.87. The topological polar surface area (TPSA) is 90.0 Å². The van der Waals surface area contributed by atoms with Gasteiger partial charge in [0.05, 0.1) is 11.9 Å². The number of benzene rings is 1. The van der Waals surface area contributed by atoms with E-state index in [1.165, 1.54) is 16.9 Å². The molecule has 1 aromatic heterocycles. The third kappa shape index (κ3) is 2.52. The Morgan fingerprint density at radius 1 is 1.35 bits per heavy atom. The van der Waals surface area contributed by atoms with E-state index in [0.29, 0.717) is 5.69 Å². The van der Waals surface area contributed by atoms with Gasteiger partial charge in [0.15, 0.2) is 5.82 Å². The number of aromatic nitrogens is 2. The standard InChI is InChI=1S/C12H13ClN4O2S/c13-9-7-17(15-12(9)14)10-3-1-2-4-11(10)20(18,19)16-8-5-6-8/h1-4,7-8,16H,5-6H2,(H2,14,15). The highest BCUT2D eigenvalue weighted by atomic mass is 35.5. The Morgan fingerprint density at radius 2 is 2.05 bits per heavy atom. The molecule has 2 aromatic rings. The molecule has 0 bridgehead atoms. The number of nitrogens with zero attached hydrogens (tertiary/aromatic N) is 2. The summed E-state index contributed by atoms with van der Waals surface area (Å²) in [6, 6.07) is 6.63. The van der Waals surface area contributed by atoms with Gasteiger partial charge in [0.25, 0.3) is 0 Å². The molecule has 0 amide bonds. The van der Waals surface area contributed by atoms with Crippen molar-refractivity contribution in [1.29, 1.82) is 0 Å². The molecule has 106 valence electrons. The molecule has 1 heterocycles. The van der Waals surface area contributed by atoms with Crippen molar-refractivity contribution in [3.05, 3.63) is 35.5 Å². The van der Waals surface area contributed by atoms with Crippen LogP contribution in [0.25, 0.3) is 5.69 Å². The molecule has 3 rings (SSSR count). The first-order chi connectivity index (χ1) is 9.47. The van der Waals surface area contributed by atoms with Gasteiger partial charge in [-0.2, -0.15) is 0 Å². The second-order valence-corrected chi connectivity index (χ2v) is 6.76. The number of rotatable bonds is 4. The van der Waals surface area contributed by atoms with Gasteiger partial charge in [0.2, 0.25) is 10.0 Å². The molecule has 0 radical (unpaired) electrons. The number of para-hydroxylation sites is 1. The quantitative estimate of drug-likeness (QED) is 0.896. The predicted octanol–water partition coefficient (Wildman–Crippen LogP) is 1.55. The summed E-state index contributed by atoms with van der Waals surface area (Å²) in [5, 5.41) is 4.30. The van der Waals surface area contributed by atoms with E-state index < -0.39 is 10.0 Å². The van der Waals surface area contributed by atoms with Crippen LogP contribution in [0, 0.1) is 0 Å². The molecule has 20 heavy (non-hydrogen) atoms. The van der Waals surface area contributed by atoms with Gasteiger partial charge < -0.3 is 5.73 Å². The van der Waals surface area contributed by atoms with Crippen LogP contribution >= 0.6 is 11.6 Å². The number of sulfonamides is 1. The van der Waals surface area contributed by atoms with Crippen LogP contribution in [-0.4, -0.2) is 24.2 Å². The molecule has 0 saturated heterocycles. The lowest BCUT2D eigenvalue weighted by molar-refractivity contribution is 0.580. The van der Waals surface area contributed by atoms with Gasteiger partial charge in [-0.15, -0.1) is 5.10 Å². The summed E-state index contributed by atoms with van der Waals surface area (Å²) in [7, 11) is -3.57. The largest absolute Gasteiger partial charge is 0.381 e. The summed E-state index contributed by atoms with van der Waals surface area (Å²) < 4.78 is 28.7. The van der Waals surface area contributed by atoms with Crippen LogP contribution in [0.15, 0.2) is 35.4 Å².